The van der Waals surface area contributed by atoms with Crippen molar-refractivity contribution < 1.29 is 9.21 Å². The number of carbonyl (C=O) groups excluding carboxylic acids is 1. The van der Waals surface area contributed by atoms with Gasteiger partial charge in [0.2, 0.25) is 0 Å². The van der Waals surface area contributed by atoms with Crippen LogP contribution < -0.4 is 0 Å². The lowest BCUT2D eigenvalue weighted by atomic mass is 9.97. The van der Waals surface area contributed by atoms with E-state index < -0.39 is 0 Å². The second-order valence-corrected chi connectivity index (χ2v) is 8.05. The summed E-state index contributed by atoms with van der Waals surface area (Å²) in [6, 6.07) is 9.91. The van der Waals surface area contributed by atoms with Crippen molar-refractivity contribution in [3.8, 4) is 11.1 Å². The molecule has 1 aliphatic rings. The summed E-state index contributed by atoms with van der Waals surface area (Å²) in [4.78, 5) is 32.7. The topological polar surface area (TPSA) is 85.0 Å². The van der Waals surface area contributed by atoms with Crippen LogP contribution in [0, 0.1) is 0 Å². The molecular weight excluding hydrogens is 390 g/mol. The van der Waals surface area contributed by atoms with Crippen LogP contribution in [0.1, 0.15) is 41.0 Å². The first-order valence-corrected chi connectivity index (χ1v) is 10.5. The summed E-state index contributed by atoms with van der Waals surface area (Å²) in [5.74, 6) is 1.29. The van der Waals surface area contributed by atoms with Gasteiger partial charge in [0.15, 0.2) is 11.7 Å². The highest BCUT2D eigenvalue weighted by molar-refractivity contribution is 5.95. The number of oxazole rings is 1. The molecule has 0 N–H and O–H groups in total. The monoisotopic (exact) mass is 413 g/mol. The Morgan fingerprint density at radius 2 is 2.00 bits per heavy atom. The number of ketones is 1. The minimum absolute atomic E-state index is 0.0897. The predicted octanol–water partition coefficient (Wildman–Crippen LogP) is 3.91. The van der Waals surface area contributed by atoms with Gasteiger partial charge in [0.25, 0.3) is 0 Å². The number of carbonyl (C=O) groups is 1. The average Bonchev–Trinajstić information content (AvgIpc) is 3.30. The van der Waals surface area contributed by atoms with Gasteiger partial charge in [-0.25, -0.2) is 15.0 Å². The maximum atomic E-state index is 12.8. The molecule has 7 heteroatoms. The van der Waals surface area contributed by atoms with E-state index in [0.29, 0.717) is 17.4 Å². The van der Waals surface area contributed by atoms with Crippen molar-refractivity contribution in [1.29, 1.82) is 0 Å². The van der Waals surface area contributed by atoms with E-state index in [4.69, 9.17) is 4.42 Å². The van der Waals surface area contributed by atoms with Crippen molar-refractivity contribution in [3.63, 3.8) is 0 Å². The molecule has 3 aromatic heterocycles. The largest absolute Gasteiger partial charge is 0.448 e. The zero-order chi connectivity index (χ0) is 21.2. The summed E-state index contributed by atoms with van der Waals surface area (Å²) in [5.41, 5.74) is 3.19. The minimum Gasteiger partial charge on any atom is -0.448 e. The number of piperidine rings is 1. The molecule has 31 heavy (non-hydrogen) atoms. The summed E-state index contributed by atoms with van der Waals surface area (Å²) in [5, 5.41) is 0.926. The van der Waals surface area contributed by atoms with Crippen LogP contribution in [0.4, 0.5) is 0 Å². The summed E-state index contributed by atoms with van der Waals surface area (Å²) >= 11 is 0. The van der Waals surface area contributed by atoms with Crippen molar-refractivity contribution in [3.05, 3.63) is 72.6 Å². The fourth-order valence-electron chi connectivity index (χ4n) is 3.95. The highest BCUT2D eigenvalue weighted by Gasteiger charge is 2.24. The first-order valence-electron chi connectivity index (χ1n) is 10.5. The van der Waals surface area contributed by atoms with Crippen LogP contribution >= 0.6 is 0 Å². The molecule has 0 amide bonds. The van der Waals surface area contributed by atoms with Crippen molar-refractivity contribution in [2.24, 2.45) is 0 Å². The minimum atomic E-state index is -0.134. The standard InChI is InChI=1S/C24H23N5O2/c1-29-9-6-16(7-10-29)24-28-21(15-31-24)22(30)12-23-26-14-19-5-4-17(11-20(19)27-23)18-3-2-8-25-13-18/h2-5,8,11,13-16H,6-7,9-10,12H2,1H3. The van der Waals surface area contributed by atoms with Crippen LogP contribution in [-0.2, 0) is 6.42 Å². The number of aromatic nitrogens is 4. The van der Waals surface area contributed by atoms with Gasteiger partial charge >= 0.3 is 0 Å². The van der Waals surface area contributed by atoms with Gasteiger partial charge in [-0.1, -0.05) is 18.2 Å². The van der Waals surface area contributed by atoms with E-state index in [9.17, 15) is 4.79 Å². The maximum absolute atomic E-state index is 12.8. The molecule has 1 saturated heterocycles. The van der Waals surface area contributed by atoms with E-state index in [1.807, 2.05) is 36.5 Å². The summed E-state index contributed by atoms with van der Waals surface area (Å²) < 4.78 is 5.64. The Balaban J connectivity index is 1.33. The first-order chi connectivity index (χ1) is 15.2. The van der Waals surface area contributed by atoms with E-state index in [1.54, 1.807) is 12.4 Å². The van der Waals surface area contributed by atoms with Crippen LogP contribution in [0.15, 0.2) is 59.6 Å². The number of Topliss-reactive ketones (excluding diaryl/α,β-unsaturated/α-hetero) is 1. The van der Waals surface area contributed by atoms with Gasteiger partial charge in [-0.15, -0.1) is 0 Å². The van der Waals surface area contributed by atoms with Crippen LogP contribution in [-0.4, -0.2) is 50.8 Å². The van der Waals surface area contributed by atoms with Gasteiger partial charge in [-0.05, 0) is 50.7 Å². The fourth-order valence-corrected chi connectivity index (χ4v) is 3.95. The Morgan fingerprint density at radius 3 is 2.81 bits per heavy atom. The summed E-state index contributed by atoms with van der Waals surface area (Å²) in [7, 11) is 2.12. The molecule has 0 aliphatic carbocycles. The van der Waals surface area contributed by atoms with Crippen LogP contribution in [0.25, 0.3) is 22.0 Å². The SMILES string of the molecule is CN1CCC(c2nc(C(=O)Cc3ncc4ccc(-c5cccnc5)cc4n3)co2)CC1. The first kappa shape index (κ1) is 19.5. The molecule has 7 nitrogen and oxygen atoms in total. The smallest absolute Gasteiger partial charge is 0.197 e. The molecule has 1 aliphatic heterocycles. The van der Waals surface area contributed by atoms with Gasteiger partial charge < -0.3 is 9.32 Å². The van der Waals surface area contributed by atoms with Crippen molar-refractivity contribution in [1.82, 2.24) is 24.8 Å². The van der Waals surface area contributed by atoms with Crippen LogP contribution in [0.3, 0.4) is 0 Å². The third kappa shape index (κ3) is 4.22. The molecule has 4 aromatic rings. The number of likely N-dealkylation sites (tertiary alicyclic amines) is 1. The molecule has 4 heterocycles. The highest BCUT2D eigenvalue weighted by Crippen LogP contribution is 2.27. The Morgan fingerprint density at radius 1 is 1.13 bits per heavy atom. The van der Waals surface area contributed by atoms with Crippen LogP contribution in [0.5, 0.6) is 0 Å². The predicted molar refractivity (Wildman–Crippen MR) is 117 cm³/mol. The van der Waals surface area contributed by atoms with E-state index in [2.05, 4.69) is 31.9 Å². The molecule has 1 aromatic carbocycles. The lowest BCUT2D eigenvalue weighted by Gasteiger charge is -2.26. The molecule has 5 rings (SSSR count). The summed E-state index contributed by atoms with van der Waals surface area (Å²) in [6.45, 7) is 2.03. The second-order valence-electron chi connectivity index (χ2n) is 8.05. The Hall–Kier alpha value is -3.45. The Bertz CT molecular complexity index is 1210. The molecule has 0 radical (unpaired) electrons. The third-order valence-corrected chi connectivity index (χ3v) is 5.82. The lowest BCUT2D eigenvalue weighted by molar-refractivity contribution is 0.0986. The van der Waals surface area contributed by atoms with E-state index in [-0.39, 0.29) is 18.1 Å². The molecule has 0 unspecified atom stereocenters. The van der Waals surface area contributed by atoms with E-state index >= 15 is 0 Å². The molecule has 0 bridgehead atoms. The molecule has 0 atom stereocenters. The maximum Gasteiger partial charge on any atom is 0.197 e. The second kappa shape index (κ2) is 8.35. The number of nitrogens with zero attached hydrogens (tertiary/aromatic N) is 5. The summed E-state index contributed by atoms with van der Waals surface area (Å²) in [6.07, 6.45) is 8.88. The third-order valence-electron chi connectivity index (χ3n) is 5.82. The Kier molecular flexibility index (Phi) is 5.26. The van der Waals surface area contributed by atoms with Gasteiger partial charge in [0, 0.05) is 35.5 Å². The van der Waals surface area contributed by atoms with Gasteiger partial charge in [-0.2, -0.15) is 0 Å². The number of rotatable bonds is 5. The molecule has 156 valence electrons. The average molecular weight is 413 g/mol. The lowest BCUT2D eigenvalue weighted by Crippen LogP contribution is -2.29. The van der Waals surface area contributed by atoms with Gasteiger partial charge in [0.05, 0.1) is 11.9 Å². The van der Waals surface area contributed by atoms with Gasteiger partial charge in [-0.3, -0.25) is 9.78 Å². The van der Waals surface area contributed by atoms with Gasteiger partial charge in [0.1, 0.15) is 17.8 Å². The van der Waals surface area contributed by atoms with Crippen molar-refractivity contribution in [2.45, 2.75) is 25.2 Å². The molecule has 1 fully saturated rings. The quantitative estimate of drug-likeness (QED) is 0.459. The normalized spacial score (nSPS) is 15.4. The Labute approximate surface area is 180 Å². The number of hydrogen-bond acceptors (Lipinski definition) is 7. The zero-order valence-electron chi connectivity index (χ0n) is 17.4. The number of pyridine rings is 1. The molecule has 0 saturated carbocycles. The van der Waals surface area contributed by atoms with Crippen LogP contribution in [0.2, 0.25) is 0 Å². The van der Waals surface area contributed by atoms with Crippen molar-refractivity contribution in [2.75, 3.05) is 20.1 Å². The van der Waals surface area contributed by atoms with Crippen molar-refractivity contribution >= 4 is 16.7 Å². The van der Waals surface area contributed by atoms with E-state index in [1.165, 1.54) is 6.26 Å². The fraction of sp³-hybridized carbons (Fsp3) is 0.292. The van der Waals surface area contributed by atoms with E-state index in [0.717, 1.165) is 48.0 Å². The zero-order valence-corrected chi connectivity index (χ0v) is 17.4. The number of benzene rings is 1. The molecular formula is C24H23N5O2. The number of fused-ring (bicyclic) bond motifs is 1. The number of hydrogen-bond donors (Lipinski definition) is 0. The highest BCUT2D eigenvalue weighted by atomic mass is 16.3. The molecule has 0 spiro atoms.